The van der Waals surface area contributed by atoms with Crippen LogP contribution < -0.4 is 0 Å². The fourth-order valence-corrected chi connectivity index (χ4v) is 3.71. The third-order valence-corrected chi connectivity index (χ3v) is 5.13. The Hall–Kier alpha value is -2.47. The van der Waals surface area contributed by atoms with Gasteiger partial charge < -0.3 is 4.52 Å². The van der Waals surface area contributed by atoms with Gasteiger partial charge in [0.2, 0.25) is 5.89 Å². The average molecular weight is 365 g/mol. The van der Waals surface area contributed by atoms with Crippen LogP contribution in [0.1, 0.15) is 61.4 Å². The second-order valence-corrected chi connectivity index (χ2v) is 7.74. The Balaban J connectivity index is 1.40. The maximum atomic E-state index is 5.54. The lowest BCUT2D eigenvalue weighted by molar-refractivity contribution is 0.180. The Bertz CT molecular complexity index is 855. The molecule has 2 aromatic heterocycles. The van der Waals surface area contributed by atoms with E-state index in [2.05, 4.69) is 58.3 Å². The predicted molar refractivity (Wildman–Crippen MR) is 103 cm³/mol. The second-order valence-electron chi connectivity index (χ2n) is 7.74. The van der Waals surface area contributed by atoms with Crippen molar-refractivity contribution in [3.05, 3.63) is 65.6 Å². The zero-order chi connectivity index (χ0) is 18.6. The third-order valence-electron chi connectivity index (χ3n) is 5.13. The smallest absolute Gasteiger partial charge is 0.231 e. The molecule has 0 bridgehead atoms. The van der Waals surface area contributed by atoms with Crippen molar-refractivity contribution in [1.82, 2.24) is 24.8 Å². The summed E-state index contributed by atoms with van der Waals surface area (Å²) in [5.74, 6) is 2.26. The number of rotatable bonds is 6. The maximum Gasteiger partial charge on any atom is 0.231 e. The Labute approximate surface area is 160 Å². The standard InChI is InChI=1S/C21H27N5O/c1-16(2)20-23-21(27-24-20)19-8-4-10-25(15-19)13-17-6-3-7-18(12-17)14-26-11-5-9-22-26/h3,5-7,9,11-12,16,19H,4,8,10,13-15H2,1-2H3. The van der Waals surface area contributed by atoms with Gasteiger partial charge in [-0.1, -0.05) is 43.3 Å². The van der Waals surface area contributed by atoms with E-state index in [1.165, 1.54) is 11.1 Å². The second kappa shape index (κ2) is 8.05. The summed E-state index contributed by atoms with van der Waals surface area (Å²) >= 11 is 0. The first-order valence-corrected chi connectivity index (χ1v) is 9.78. The highest BCUT2D eigenvalue weighted by Crippen LogP contribution is 2.27. The van der Waals surface area contributed by atoms with Crippen molar-refractivity contribution in [3.8, 4) is 0 Å². The lowest BCUT2D eigenvalue weighted by Gasteiger charge is -2.31. The van der Waals surface area contributed by atoms with Gasteiger partial charge in [-0.3, -0.25) is 9.58 Å². The highest BCUT2D eigenvalue weighted by molar-refractivity contribution is 5.23. The molecule has 0 saturated carbocycles. The first-order valence-electron chi connectivity index (χ1n) is 9.78. The minimum absolute atomic E-state index is 0.305. The van der Waals surface area contributed by atoms with Crippen LogP contribution in [0, 0.1) is 0 Å². The molecule has 1 saturated heterocycles. The van der Waals surface area contributed by atoms with Gasteiger partial charge in [0.25, 0.3) is 0 Å². The van der Waals surface area contributed by atoms with Gasteiger partial charge in [0.1, 0.15) is 0 Å². The van der Waals surface area contributed by atoms with Crippen molar-refractivity contribution >= 4 is 0 Å². The highest BCUT2D eigenvalue weighted by Gasteiger charge is 2.26. The van der Waals surface area contributed by atoms with E-state index in [0.717, 1.165) is 50.7 Å². The number of piperidine rings is 1. The molecule has 1 aliphatic rings. The molecule has 6 nitrogen and oxygen atoms in total. The molecular weight excluding hydrogens is 338 g/mol. The number of aromatic nitrogens is 4. The van der Waals surface area contributed by atoms with Crippen LogP contribution in [0.2, 0.25) is 0 Å². The van der Waals surface area contributed by atoms with Crippen LogP contribution in [0.25, 0.3) is 0 Å². The van der Waals surface area contributed by atoms with Crippen LogP contribution in [0.4, 0.5) is 0 Å². The molecule has 27 heavy (non-hydrogen) atoms. The van der Waals surface area contributed by atoms with Crippen molar-refractivity contribution in [2.24, 2.45) is 0 Å². The molecule has 0 amide bonds. The van der Waals surface area contributed by atoms with Crippen LogP contribution >= 0.6 is 0 Å². The maximum absolute atomic E-state index is 5.54. The Kier molecular flexibility index (Phi) is 5.34. The summed E-state index contributed by atoms with van der Waals surface area (Å²) in [5.41, 5.74) is 2.62. The number of hydrogen-bond acceptors (Lipinski definition) is 5. The van der Waals surface area contributed by atoms with Crippen molar-refractivity contribution < 1.29 is 4.52 Å². The lowest BCUT2D eigenvalue weighted by atomic mass is 9.97. The molecule has 3 heterocycles. The summed E-state index contributed by atoms with van der Waals surface area (Å²) < 4.78 is 7.50. The highest BCUT2D eigenvalue weighted by atomic mass is 16.5. The fourth-order valence-electron chi connectivity index (χ4n) is 3.71. The summed E-state index contributed by atoms with van der Waals surface area (Å²) in [4.78, 5) is 7.12. The monoisotopic (exact) mass is 365 g/mol. The zero-order valence-electron chi connectivity index (χ0n) is 16.1. The average Bonchev–Trinajstić information content (AvgIpc) is 3.34. The largest absolute Gasteiger partial charge is 0.339 e. The van der Waals surface area contributed by atoms with Crippen molar-refractivity contribution in [1.29, 1.82) is 0 Å². The molecular formula is C21H27N5O. The van der Waals surface area contributed by atoms with Gasteiger partial charge >= 0.3 is 0 Å². The molecule has 1 aromatic carbocycles. The van der Waals surface area contributed by atoms with Crippen molar-refractivity contribution in [2.75, 3.05) is 13.1 Å². The molecule has 142 valence electrons. The van der Waals surface area contributed by atoms with Gasteiger partial charge in [-0.05, 0) is 36.6 Å². The Morgan fingerprint density at radius 2 is 2.04 bits per heavy atom. The molecule has 0 aliphatic carbocycles. The molecule has 3 aromatic rings. The minimum atomic E-state index is 0.305. The van der Waals surface area contributed by atoms with Crippen LogP contribution in [-0.4, -0.2) is 37.9 Å². The summed E-state index contributed by atoms with van der Waals surface area (Å²) in [6.07, 6.45) is 6.10. The number of hydrogen-bond donors (Lipinski definition) is 0. The number of benzene rings is 1. The van der Waals surface area contributed by atoms with Gasteiger partial charge in [0, 0.05) is 31.4 Å². The zero-order valence-corrected chi connectivity index (χ0v) is 16.1. The SMILES string of the molecule is CC(C)c1noc(C2CCCN(Cc3cccc(Cn4cccn4)c3)C2)n1. The van der Waals surface area contributed by atoms with E-state index in [9.17, 15) is 0 Å². The molecule has 1 fully saturated rings. The lowest BCUT2D eigenvalue weighted by Crippen LogP contribution is -2.34. The van der Waals surface area contributed by atoms with Crippen LogP contribution in [0.3, 0.4) is 0 Å². The quantitative estimate of drug-likeness (QED) is 0.665. The third kappa shape index (κ3) is 4.45. The summed E-state index contributed by atoms with van der Waals surface area (Å²) in [5, 5.41) is 8.43. The van der Waals surface area contributed by atoms with E-state index in [0.29, 0.717) is 11.8 Å². The van der Waals surface area contributed by atoms with E-state index >= 15 is 0 Å². The van der Waals surface area contributed by atoms with Crippen molar-refractivity contribution in [3.63, 3.8) is 0 Å². The van der Waals surface area contributed by atoms with Gasteiger partial charge in [0.15, 0.2) is 5.82 Å². The number of likely N-dealkylation sites (tertiary alicyclic amines) is 1. The molecule has 1 aliphatic heterocycles. The van der Waals surface area contributed by atoms with E-state index < -0.39 is 0 Å². The first-order chi connectivity index (χ1) is 13.2. The Morgan fingerprint density at radius 3 is 2.78 bits per heavy atom. The van der Waals surface area contributed by atoms with Crippen LogP contribution in [-0.2, 0) is 13.1 Å². The molecule has 0 radical (unpaired) electrons. The fraction of sp³-hybridized carbons (Fsp3) is 0.476. The molecule has 1 unspecified atom stereocenters. The van der Waals surface area contributed by atoms with Gasteiger partial charge in [-0.2, -0.15) is 10.1 Å². The molecule has 0 spiro atoms. The predicted octanol–water partition coefficient (Wildman–Crippen LogP) is 3.82. The van der Waals surface area contributed by atoms with E-state index in [4.69, 9.17) is 4.52 Å². The number of nitrogens with zero attached hydrogens (tertiary/aromatic N) is 5. The molecule has 4 rings (SSSR count). The van der Waals surface area contributed by atoms with Gasteiger partial charge in [-0.15, -0.1) is 0 Å². The Morgan fingerprint density at radius 1 is 1.19 bits per heavy atom. The molecule has 1 atom stereocenters. The van der Waals surface area contributed by atoms with E-state index in [-0.39, 0.29) is 0 Å². The molecule has 6 heteroatoms. The van der Waals surface area contributed by atoms with E-state index in [1.807, 2.05) is 23.1 Å². The molecule has 0 N–H and O–H groups in total. The minimum Gasteiger partial charge on any atom is -0.339 e. The first kappa shape index (κ1) is 17.9. The summed E-state index contributed by atoms with van der Waals surface area (Å²) in [6, 6.07) is 10.8. The summed E-state index contributed by atoms with van der Waals surface area (Å²) in [7, 11) is 0. The topological polar surface area (TPSA) is 60.0 Å². The van der Waals surface area contributed by atoms with Crippen LogP contribution in [0.5, 0.6) is 0 Å². The van der Waals surface area contributed by atoms with Gasteiger partial charge in [0.05, 0.1) is 12.5 Å². The normalized spacial score (nSPS) is 18.3. The van der Waals surface area contributed by atoms with Crippen LogP contribution in [0.15, 0.2) is 47.2 Å². The summed E-state index contributed by atoms with van der Waals surface area (Å²) in [6.45, 7) is 8.04. The van der Waals surface area contributed by atoms with Gasteiger partial charge in [-0.25, -0.2) is 0 Å². The van der Waals surface area contributed by atoms with Crippen molar-refractivity contribution in [2.45, 2.75) is 51.6 Å². The van der Waals surface area contributed by atoms with E-state index in [1.54, 1.807) is 0 Å².